The van der Waals surface area contributed by atoms with Crippen LogP contribution in [0.2, 0.25) is 0 Å². The van der Waals surface area contributed by atoms with Crippen LogP contribution in [0.3, 0.4) is 0 Å². The van der Waals surface area contributed by atoms with Crippen LogP contribution in [0.1, 0.15) is 16.7 Å². The standard InChI is InChI=1S/C23H17BrN2O2/c24-16-10-11-21-18(12-16)23(28,19-13-25-20-9-5-4-8-17(19)20)22(27)26(21)14-15-6-2-1-3-7-15/h1-13,25,28H,14H2/t23-/m0/s1. The number of para-hydroxylation sites is 1. The number of hydrogen-bond acceptors (Lipinski definition) is 2. The van der Waals surface area contributed by atoms with E-state index >= 15 is 0 Å². The molecule has 1 atom stereocenters. The third-order valence-corrected chi connectivity index (χ3v) is 5.85. The molecule has 28 heavy (non-hydrogen) atoms. The van der Waals surface area contributed by atoms with E-state index in [-0.39, 0.29) is 5.91 Å². The highest BCUT2D eigenvalue weighted by atomic mass is 79.9. The smallest absolute Gasteiger partial charge is 0.268 e. The summed E-state index contributed by atoms with van der Waals surface area (Å²) in [5, 5.41) is 12.6. The predicted molar refractivity (Wildman–Crippen MR) is 113 cm³/mol. The Morgan fingerprint density at radius 2 is 1.71 bits per heavy atom. The van der Waals surface area contributed by atoms with Crippen LogP contribution in [0.4, 0.5) is 5.69 Å². The van der Waals surface area contributed by atoms with E-state index in [0.29, 0.717) is 17.7 Å². The topological polar surface area (TPSA) is 56.3 Å². The van der Waals surface area contributed by atoms with Gasteiger partial charge in [-0.15, -0.1) is 0 Å². The molecular weight excluding hydrogens is 416 g/mol. The summed E-state index contributed by atoms with van der Waals surface area (Å²) in [5.74, 6) is -0.339. The van der Waals surface area contributed by atoms with E-state index in [1.807, 2.05) is 72.8 Å². The lowest BCUT2D eigenvalue weighted by Crippen LogP contribution is -2.40. The number of nitrogens with one attached hydrogen (secondary N) is 1. The van der Waals surface area contributed by atoms with Gasteiger partial charge in [0.1, 0.15) is 0 Å². The summed E-state index contributed by atoms with van der Waals surface area (Å²) in [5.41, 5.74) is 2.04. The SMILES string of the molecule is O=C1N(Cc2ccccc2)c2ccc(Br)cc2[C@]1(O)c1c[nH]c2ccccc12. The van der Waals surface area contributed by atoms with Crippen LogP contribution in [0.5, 0.6) is 0 Å². The van der Waals surface area contributed by atoms with Crippen molar-refractivity contribution in [1.29, 1.82) is 0 Å². The highest BCUT2D eigenvalue weighted by Crippen LogP contribution is 2.47. The number of rotatable bonds is 3. The summed E-state index contributed by atoms with van der Waals surface area (Å²) in [7, 11) is 0. The van der Waals surface area contributed by atoms with Gasteiger partial charge in [-0.25, -0.2) is 0 Å². The summed E-state index contributed by atoms with van der Waals surface area (Å²) < 4.78 is 0.818. The monoisotopic (exact) mass is 432 g/mol. The van der Waals surface area contributed by atoms with Crippen molar-refractivity contribution in [3.05, 3.63) is 100 Å². The fourth-order valence-electron chi connectivity index (χ4n) is 4.01. The Bertz CT molecular complexity index is 1200. The molecule has 0 saturated carbocycles. The number of carbonyl (C=O) groups excluding carboxylic acids is 1. The van der Waals surface area contributed by atoms with E-state index in [4.69, 9.17) is 0 Å². The highest BCUT2D eigenvalue weighted by molar-refractivity contribution is 9.10. The highest BCUT2D eigenvalue weighted by Gasteiger charge is 2.52. The van der Waals surface area contributed by atoms with Crippen molar-refractivity contribution in [2.45, 2.75) is 12.1 Å². The number of amides is 1. The first kappa shape index (κ1) is 17.2. The molecular formula is C23H17BrN2O2. The molecule has 1 aromatic heterocycles. The van der Waals surface area contributed by atoms with Crippen molar-refractivity contribution in [3.8, 4) is 0 Å². The van der Waals surface area contributed by atoms with Gasteiger partial charge in [0.05, 0.1) is 12.2 Å². The summed E-state index contributed by atoms with van der Waals surface area (Å²) in [6, 6.07) is 23.1. The van der Waals surface area contributed by atoms with Crippen LogP contribution >= 0.6 is 15.9 Å². The van der Waals surface area contributed by atoms with Crippen molar-refractivity contribution in [2.24, 2.45) is 0 Å². The van der Waals surface area contributed by atoms with E-state index in [0.717, 1.165) is 26.6 Å². The van der Waals surface area contributed by atoms with Crippen LogP contribution in [-0.4, -0.2) is 16.0 Å². The Morgan fingerprint density at radius 1 is 0.964 bits per heavy atom. The van der Waals surface area contributed by atoms with Gasteiger partial charge in [0.25, 0.3) is 5.91 Å². The lowest BCUT2D eigenvalue weighted by atomic mass is 9.87. The van der Waals surface area contributed by atoms with Crippen molar-refractivity contribution >= 4 is 38.4 Å². The van der Waals surface area contributed by atoms with E-state index in [9.17, 15) is 9.90 Å². The minimum atomic E-state index is -1.74. The third-order valence-electron chi connectivity index (χ3n) is 5.36. The van der Waals surface area contributed by atoms with E-state index in [1.54, 1.807) is 11.1 Å². The predicted octanol–water partition coefficient (Wildman–Crippen LogP) is 4.71. The maximum atomic E-state index is 13.6. The normalized spacial score (nSPS) is 18.6. The molecule has 0 aliphatic carbocycles. The number of halogens is 1. The molecule has 5 heteroatoms. The van der Waals surface area contributed by atoms with Gasteiger partial charge in [-0.2, -0.15) is 0 Å². The molecule has 0 saturated heterocycles. The van der Waals surface area contributed by atoms with E-state index < -0.39 is 5.60 Å². The zero-order chi connectivity index (χ0) is 19.3. The van der Waals surface area contributed by atoms with Gasteiger partial charge in [0.15, 0.2) is 5.60 Å². The minimum absolute atomic E-state index is 0.339. The molecule has 5 rings (SSSR count). The molecule has 1 aliphatic rings. The molecule has 1 aliphatic heterocycles. The number of aromatic amines is 1. The number of aromatic nitrogens is 1. The Hall–Kier alpha value is -2.89. The molecule has 4 nitrogen and oxygen atoms in total. The number of carbonyl (C=O) groups is 1. The quantitative estimate of drug-likeness (QED) is 0.492. The average molecular weight is 433 g/mol. The number of hydrogen-bond donors (Lipinski definition) is 2. The molecule has 2 heterocycles. The maximum Gasteiger partial charge on any atom is 0.268 e. The summed E-state index contributed by atoms with van der Waals surface area (Å²) >= 11 is 3.49. The number of aliphatic hydroxyl groups is 1. The molecule has 0 fully saturated rings. The van der Waals surface area contributed by atoms with Crippen molar-refractivity contribution in [3.63, 3.8) is 0 Å². The summed E-state index contributed by atoms with van der Waals surface area (Å²) in [6.07, 6.45) is 1.74. The van der Waals surface area contributed by atoms with Gasteiger partial charge in [0, 0.05) is 32.7 Å². The fraction of sp³-hybridized carbons (Fsp3) is 0.0870. The molecule has 0 radical (unpaired) electrons. The number of nitrogens with zero attached hydrogens (tertiary/aromatic N) is 1. The van der Waals surface area contributed by atoms with E-state index in [1.165, 1.54) is 0 Å². The van der Waals surface area contributed by atoms with Crippen LogP contribution < -0.4 is 4.90 Å². The number of benzene rings is 3. The van der Waals surface area contributed by atoms with Crippen LogP contribution in [0.15, 0.2) is 83.5 Å². The second-order valence-corrected chi connectivity index (χ2v) is 7.91. The number of anilines is 1. The Morgan fingerprint density at radius 3 is 2.54 bits per heavy atom. The van der Waals surface area contributed by atoms with Gasteiger partial charge >= 0.3 is 0 Å². The van der Waals surface area contributed by atoms with E-state index in [2.05, 4.69) is 20.9 Å². The second-order valence-electron chi connectivity index (χ2n) is 7.00. The molecule has 0 bridgehead atoms. The largest absolute Gasteiger partial charge is 0.372 e. The number of fused-ring (bicyclic) bond motifs is 2. The van der Waals surface area contributed by atoms with Gasteiger partial charge in [-0.05, 0) is 29.8 Å². The lowest BCUT2D eigenvalue weighted by Gasteiger charge is -2.23. The summed E-state index contributed by atoms with van der Waals surface area (Å²) in [4.78, 5) is 18.4. The zero-order valence-electron chi connectivity index (χ0n) is 14.9. The zero-order valence-corrected chi connectivity index (χ0v) is 16.5. The molecule has 1 amide bonds. The Kier molecular flexibility index (Phi) is 3.89. The first-order valence-electron chi connectivity index (χ1n) is 9.04. The van der Waals surface area contributed by atoms with Crippen LogP contribution in [0.25, 0.3) is 10.9 Å². The first-order valence-corrected chi connectivity index (χ1v) is 9.83. The Balaban J connectivity index is 1.71. The van der Waals surface area contributed by atoms with Gasteiger partial charge in [-0.1, -0.05) is 64.5 Å². The van der Waals surface area contributed by atoms with Gasteiger partial charge < -0.3 is 15.0 Å². The minimum Gasteiger partial charge on any atom is -0.372 e. The third kappa shape index (κ3) is 2.44. The van der Waals surface area contributed by atoms with Crippen molar-refractivity contribution in [1.82, 2.24) is 4.98 Å². The number of H-pyrrole nitrogens is 1. The molecule has 4 aromatic rings. The van der Waals surface area contributed by atoms with Crippen LogP contribution in [-0.2, 0) is 16.9 Å². The molecule has 2 N–H and O–H groups in total. The van der Waals surface area contributed by atoms with Crippen molar-refractivity contribution in [2.75, 3.05) is 4.90 Å². The van der Waals surface area contributed by atoms with Gasteiger partial charge in [-0.3, -0.25) is 4.79 Å². The molecule has 3 aromatic carbocycles. The lowest BCUT2D eigenvalue weighted by molar-refractivity contribution is -0.132. The Labute approximate surface area is 170 Å². The summed E-state index contributed by atoms with van der Waals surface area (Å²) in [6.45, 7) is 0.402. The van der Waals surface area contributed by atoms with Crippen LogP contribution in [0, 0.1) is 0 Å². The first-order chi connectivity index (χ1) is 13.6. The molecule has 0 spiro atoms. The molecule has 0 unspecified atom stereocenters. The second kappa shape index (κ2) is 6.33. The average Bonchev–Trinajstić information content (AvgIpc) is 3.24. The van der Waals surface area contributed by atoms with Crippen molar-refractivity contribution < 1.29 is 9.90 Å². The fourth-order valence-corrected chi connectivity index (χ4v) is 4.37. The maximum absolute atomic E-state index is 13.6. The molecule has 138 valence electrons. The van der Waals surface area contributed by atoms with Gasteiger partial charge in [0.2, 0.25) is 0 Å².